The molecule has 2 heterocycles. The third-order valence-corrected chi connectivity index (χ3v) is 6.43. The zero-order chi connectivity index (χ0) is 20.4. The molecule has 4 rings (SSSR count). The molecule has 0 unspecified atom stereocenters. The van der Waals surface area contributed by atoms with E-state index in [4.69, 9.17) is 10.4 Å². The van der Waals surface area contributed by atoms with E-state index >= 15 is 0 Å². The number of amides is 1. The number of hydrogen-bond acceptors (Lipinski definition) is 3. The van der Waals surface area contributed by atoms with Crippen molar-refractivity contribution in [3.8, 4) is 6.07 Å². The lowest BCUT2D eigenvalue weighted by Crippen LogP contribution is -2.38. The molecule has 1 aromatic carbocycles. The predicted molar refractivity (Wildman–Crippen MR) is 107 cm³/mol. The van der Waals surface area contributed by atoms with Crippen molar-refractivity contribution in [1.29, 1.82) is 5.26 Å². The zero-order valence-corrected chi connectivity index (χ0v) is 16.9. The highest BCUT2D eigenvalue weighted by Gasteiger charge is 2.29. The molecule has 0 spiro atoms. The van der Waals surface area contributed by atoms with Crippen molar-refractivity contribution in [3.05, 3.63) is 52.6 Å². The van der Waals surface area contributed by atoms with Crippen molar-refractivity contribution in [1.82, 2.24) is 14.7 Å². The van der Waals surface area contributed by atoms with Crippen LogP contribution in [0.1, 0.15) is 54.6 Å². The van der Waals surface area contributed by atoms with Crippen LogP contribution in [0.15, 0.2) is 24.3 Å². The van der Waals surface area contributed by atoms with Gasteiger partial charge in [-0.25, -0.2) is 4.39 Å². The smallest absolute Gasteiger partial charge is 0.223 e. The second-order valence-electron chi connectivity index (χ2n) is 8.41. The summed E-state index contributed by atoms with van der Waals surface area (Å²) in [5, 5.41) is 13.7. The number of hydrogen-bond donors (Lipinski definition) is 0. The monoisotopic (exact) mass is 394 g/mol. The zero-order valence-electron chi connectivity index (χ0n) is 16.9. The van der Waals surface area contributed by atoms with E-state index in [1.165, 1.54) is 17.7 Å². The van der Waals surface area contributed by atoms with Crippen molar-refractivity contribution < 1.29 is 9.18 Å². The van der Waals surface area contributed by atoms with E-state index in [9.17, 15) is 9.18 Å². The van der Waals surface area contributed by atoms with Crippen LogP contribution in [0.4, 0.5) is 4.39 Å². The number of carbonyl (C=O) groups excluding carboxylic acids is 1. The topological polar surface area (TPSA) is 61.9 Å². The van der Waals surface area contributed by atoms with Crippen molar-refractivity contribution in [2.24, 2.45) is 11.8 Å². The van der Waals surface area contributed by atoms with Gasteiger partial charge in [0.15, 0.2) is 0 Å². The Morgan fingerprint density at radius 1 is 1.24 bits per heavy atom. The predicted octanol–water partition coefficient (Wildman–Crippen LogP) is 3.98. The number of nitriles is 1. The molecule has 5 nitrogen and oxygen atoms in total. The Morgan fingerprint density at radius 2 is 1.97 bits per heavy atom. The fraction of sp³-hybridized carbons (Fsp3) is 0.522. The lowest BCUT2D eigenvalue weighted by molar-refractivity contribution is -0.133. The van der Waals surface area contributed by atoms with Gasteiger partial charge in [0.1, 0.15) is 5.82 Å². The van der Waals surface area contributed by atoms with E-state index in [0.717, 1.165) is 55.6 Å². The van der Waals surface area contributed by atoms with E-state index in [0.29, 0.717) is 25.4 Å². The Kier molecular flexibility index (Phi) is 5.66. The quantitative estimate of drug-likeness (QED) is 0.788. The maximum absolute atomic E-state index is 13.2. The number of rotatable bonds is 4. The van der Waals surface area contributed by atoms with Gasteiger partial charge >= 0.3 is 0 Å². The summed E-state index contributed by atoms with van der Waals surface area (Å²) >= 11 is 0. The van der Waals surface area contributed by atoms with Crippen LogP contribution in [-0.2, 0) is 24.3 Å². The van der Waals surface area contributed by atoms with Gasteiger partial charge in [-0.1, -0.05) is 12.1 Å². The molecule has 0 saturated heterocycles. The number of halogens is 1. The van der Waals surface area contributed by atoms with Crippen LogP contribution in [0.2, 0.25) is 0 Å². The van der Waals surface area contributed by atoms with Gasteiger partial charge in [-0.3, -0.25) is 9.48 Å². The summed E-state index contributed by atoms with van der Waals surface area (Å²) in [6.07, 6.45) is 5.20. The number of nitrogens with zero attached hydrogens (tertiary/aromatic N) is 4. The van der Waals surface area contributed by atoms with E-state index < -0.39 is 0 Å². The van der Waals surface area contributed by atoms with Crippen molar-refractivity contribution in [3.63, 3.8) is 0 Å². The van der Waals surface area contributed by atoms with E-state index in [2.05, 4.69) is 6.07 Å². The summed E-state index contributed by atoms with van der Waals surface area (Å²) < 4.78 is 15.2. The average Bonchev–Trinajstić information content (AvgIpc) is 3.05. The molecule has 0 bridgehead atoms. The average molecular weight is 394 g/mol. The summed E-state index contributed by atoms with van der Waals surface area (Å²) in [7, 11) is 0. The van der Waals surface area contributed by atoms with Crippen molar-refractivity contribution in [2.75, 3.05) is 6.54 Å². The number of fused-ring (bicyclic) bond motifs is 1. The molecule has 1 aliphatic carbocycles. The highest BCUT2D eigenvalue weighted by molar-refractivity contribution is 5.76. The molecular formula is C23H27FN4O. The molecule has 6 heteroatoms. The minimum absolute atomic E-state index is 0.169. The van der Waals surface area contributed by atoms with Gasteiger partial charge in [0.05, 0.1) is 30.5 Å². The maximum atomic E-state index is 13.2. The Bertz CT molecular complexity index is 920. The van der Waals surface area contributed by atoms with Gasteiger partial charge in [-0.05, 0) is 68.2 Å². The number of carbonyl (C=O) groups is 1. The lowest BCUT2D eigenvalue weighted by Gasteiger charge is -2.31. The second-order valence-corrected chi connectivity index (χ2v) is 8.41. The van der Waals surface area contributed by atoms with Gasteiger partial charge in [0, 0.05) is 18.9 Å². The van der Waals surface area contributed by atoms with E-state index in [1.807, 2.05) is 16.5 Å². The first-order chi connectivity index (χ1) is 14.0. The fourth-order valence-corrected chi connectivity index (χ4v) is 4.65. The summed E-state index contributed by atoms with van der Waals surface area (Å²) in [6, 6.07) is 8.85. The van der Waals surface area contributed by atoms with Gasteiger partial charge < -0.3 is 4.90 Å². The first kappa shape index (κ1) is 19.6. The lowest BCUT2D eigenvalue weighted by atomic mass is 9.81. The Labute approximate surface area is 171 Å². The van der Waals surface area contributed by atoms with Gasteiger partial charge in [0.25, 0.3) is 0 Å². The maximum Gasteiger partial charge on any atom is 0.223 e. The minimum atomic E-state index is -0.243. The molecule has 1 amide bonds. The van der Waals surface area contributed by atoms with Crippen molar-refractivity contribution in [2.45, 2.75) is 58.5 Å². The molecule has 0 N–H and O–H groups in total. The summed E-state index contributed by atoms with van der Waals surface area (Å²) in [4.78, 5) is 14.9. The minimum Gasteiger partial charge on any atom is -0.336 e. The summed E-state index contributed by atoms with van der Waals surface area (Å²) in [5.41, 5.74) is 4.35. The molecule has 1 aromatic heterocycles. The third-order valence-electron chi connectivity index (χ3n) is 6.43. The van der Waals surface area contributed by atoms with Gasteiger partial charge in [0.2, 0.25) is 5.91 Å². The molecule has 2 aliphatic rings. The SMILES string of the molecule is Cc1nn(Cc2ccc(F)cc2)c2c1CCN(C(=O)C[C@H]1CC[C@@H](C#N)CC1)C2. The standard InChI is InChI=1S/C23H27FN4O/c1-16-21-10-11-27(23(29)12-17-2-4-18(13-25)5-3-17)15-22(21)28(26-16)14-19-6-8-20(24)9-7-19/h6-9,17-18H,2-5,10-12,14-15H2,1H3/t17-,18+. The van der Waals surface area contributed by atoms with E-state index in [1.54, 1.807) is 12.1 Å². The molecule has 152 valence electrons. The molecule has 29 heavy (non-hydrogen) atoms. The largest absolute Gasteiger partial charge is 0.336 e. The number of benzene rings is 1. The van der Waals surface area contributed by atoms with Crippen LogP contribution in [-0.4, -0.2) is 27.1 Å². The van der Waals surface area contributed by atoms with Crippen LogP contribution in [0, 0.1) is 35.9 Å². The molecular weight excluding hydrogens is 367 g/mol. The molecule has 2 aromatic rings. The highest BCUT2D eigenvalue weighted by Crippen LogP contribution is 2.31. The molecule has 1 aliphatic heterocycles. The van der Waals surface area contributed by atoms with Gasteiger partial charge in [-0.2, -0.15) is 10.4 Å². The van der Waals surface area contributed by atoms with Crippen LogP contribution in [0.25, 0.3) is 0 Å². The van der Waals surface area contributed by atoms with Crippen LogP contribution < -0.4 is 0 Å². The Morgan fingerprint density at radius 3 is 2.66 bits per heavy atom. The second kappa shape index (κ2) is 8.36. The number of aromatic nitrogens is 2. The molecule has 1 fully saturated rings. The third kappa shape index (κ3) is 4.34. The highest BCUT2D eigenvalue weighted by atomic mass is 19.1. The summed E-state index contributed by atoms with van der Waals surface area (Å²) in [6.45, 7) is 3.92. The van der Waals surface area contributed by atoms with Crippen LogP contribution in [0.3, 0.4) is 0 Å². The Hall–Kier alpha value is -2.68. The van der Waals surface area contributed by atoms with Crippen LogP contribution >= 0.6 is 0 Å². The molecule has 1 saturated carbocycles. The van der Waals surface area contributed by atoms with Crippen molar-refractivity contribution >= 4 is 5.91 Å². The first-order valence-electron chi connectivity index (χ1n) is 10.5. The first-order valence-corrected chi connectivity index (χ1v) is 10.5. The Balaban J connectivity index is 1.43. The molecule has 0 radical (unpaired) electrons. The van der Waals surface area contributed by atoms with E-state index in [-0.39, 0.29) is 17.6 Å². The molecule has 0 atom stereocenters. The number of aryl methyl sites for hydroxylation is 1. The summed E-state index contributed by atoms with van der Waals surface area (Å²) in [5.74, 6) is 0.540. The van der Waals surface area contributed by atoms with Crippen LogP contribution in [0.5, 0.6) is 0 Å². The normalized spacial score (nSPS) is 21.5. The fourth-order valence-electron chi connectivity index (χ4n) is 4.65. The van der Waals surface area contributed by atoms with Gasteiger partial charge in [-0.15, -0.1) is 0 Å².